The monoisotopic (exact) mass is 261 g/mol. The van der Waals surface area contributed by atoms with Crippen molar-refractivity contribution in [2.75, 3.05) is 11.9 Å². The summed E-state index contributed by atoms with van der Waals surface area (Å²) in [5, 5.41) is 0. The molecule has 0 radical (unpaired) electrons. The highest BCUT2D eigenvalue weighted by atomic mass is 16.1. The van der Waals surface area contributed by atoms with Crippen LogP contribution in [0.15, 0.2) is 24.3 Å². The van der Waals surface area contributed by atoms with Crippen molar-refractivity contribution in [2.45, 2.75) is 34.1 Å². The van der Waals surface area contributed by atoms with Crippen LogP contribution in [0.25, 0.3) is 0 Å². The lowest BCUT2D eigenvalue weighted by molar-refractivity contribution is -0.107. The lowest BCUT2D eigenvalue weighted by Gasteiger charge is -2.26. The largest absolute Gasteiger partial charge is 0.318 e. The number of nitrogens with zero attached hydrogens (tertiary/aromatic N) is 1. The molecule has 104 valence electrons. The quantitative estimate of drug-likeness (QED) is 0.600. The molecule has 1 unspecified atom stereocenters. The smallest absolute Gasteiger partial charge is 0.213 e. The first-order valence-corrected chi connectivity index (χ1v) is 6.57. The molecule has 1 atom stereocenters. The zero-order valence-electron chi connectivity index (χ0n) is 12.4. The first-order chi connectivity index (χ1) is 8.75. The van der Waals surface area contributed by atoms with E-state index < -0.39 is 0 Å². The highest BCUT2D eigenvalue weighted by Crippen LogP contribution is 2.29. The van der Waals surface area contributed by atoms with Gasteiger partial charge in [0.2, 0.25) is 6.41 Å². The van der Waals surface area contributed by atoms with Crippen molar-refractivity contribution < 1.29 is 9.59 Å². The SMILES string of the molecule is CC(CC(=O)c1ccc(N(C)C=O)cc1)C(C)(C)C. The molecule has 0 aliphatic rings. The van der Waals surface area contributed by atoms with Gasteiger partial charge in [-0.15, -0.1) is 0 Å². The van der Waals surface area contributed by atoms with Crippen LogP contribution in [0, 0.1) is 11.3 Å². The van der Waals surface area contributed by atoms with Gasteiger partial charge in [0.05, 0.1) is 0 Å². The molecule has 0 aromatic heterocycles. The summed E-state index contributed by atoms with van der Waals surface area (Å²) in [6, 6.07) is 7.16. The Morgan fingerprint density at radius 3 is 2.21 bits per heavy atom. The number of amides is 1. The molecule has 0 spiro atoms. The molecule has 0 heterocycles. The molecule has 1 aromatic rings. The number of Topliss-reactive ketones (excluding diaryl/α,β-unsaturated/α-hetero) is 1. The molecular formula is C16H23NO2. The fraction of sp³-hybridized carbons (Fsp3) is 0.500. The molecule has 0 N–H and O–H groups in total. The Labute approximate surface area is 115 Å². The fourth-order valence-electron chi connectivity index (χ4n) is 1.65. The summed E-state index contributed by atoms with van der Waals surface area (Å²) in [4.78, 5) is 24.3. The van der Waals surface area contributed by atoms with Gasteiger partial charge in [0.15, 0.2) is 5.78 Å². The Kier molecular flexibility index (Phi) is 4.87. The molecule has 0 fully saturated rings. The van der Waals surface area contributed by atoms with E-state index in [4.69, 9.17) is 0 Å². The number of benzene rings is 1. The van der Waals surface area contributed by atoms with Crippen LogP contribution in [0.1, 0.15) is 44.5 Å². The van der Waals surface area contributed by atoms with Gasteiger partial charge in [-0.3, -0.25) is 9.59 Å². The lowest BCUT2D eigenvalue weighted by atomic mass is 9.78. The molecule has 1 amide bonds. The van der Waals surface area contributed by atoms with E-state index in [0.717, 1.165) is 12.1 Å². The summed E-state index contributed by atoms with van der Waals surface area (Å²) in [5.41, 5.74) is 1.63. The molecule has 0 saturated carbocycles. The fourth-order valence-corrected chi connectivity index (χ4v) is 1.65. The van der Waals surface area contributed by atoms with E-state index in [1.54, 1.807) is 31.3 Å². The topological polar surface area (TPSA) is 37.4 Å². The number of hydrogen-bond acceptors (Lipinski definition) is 2. The molecule has 1 aromatic carbocycles. The third-order valence-corrected chi connectivity index (χ3v) is 3.72. The minimum Gasteiger partial charge on any atom is -0.318 e. The van der Waals surface area contributed by atoms with Gasteiger partial charge in [0, 0.05) is 24.7 Å². The minimum absolute atomic E-state index is 0.132. The molecule has 0 saturated heterocycles. The van der Waals surface area contributed by atoms with Crippen LogP contribution in [0.5, 0.6) is 0 Å². The van der Waals surface area contributed by atoms with Gasteiger partial charge in [-0.1, -0.05) is 27.7 Å². The van der Waals surface area contributed by atoms with E-state index in [1.807, 2.05) is 0 Å². The van der Waals surface area contributed by atoms with E-state index >= 15 is 0 Å². The van der Waals surface area contributed by atoms with Crippen molar-refractivity contribution in [1.82, 2.24) is 0 Å². The second-order valence-corrected chi connectivity index (χ2v) is 6.16. The molecule has 0 aliphatic carbocycles. The number of ketones is 1. The Balaban J connectivity index is 2.76. The molecule has 0 aliphatic heterocycles. The Morgan fingerprint density at radius 1 is 1.26 bits per heavy atom. The minimum atomic E-state index is 0.132. The average molecular weight is 261 g/mol. The van der Waals surface area contributed by atoms with E-state index in [2.05, 4.69) is 27.7 Å². The van der Waals surface area contributed by atoms with E-state index in [1.165, 1.54) is 4.90 Å². The van der Waals surface area contributed by atoms with Gasteiger partial charge < -0.3 is 4.90 Å². The van der Waals surface area contributed by atoms with Crippen LogP contribution in [-0.4, -0.2) is 19.2 Å². The summed E-state index contributed by atoms with van der Waals surface area (Å²) in [7, 11) is 1.69. The standard InChI is InChI=1S/C16H23NO2/c1-12(16(2,3)4)10-15(19)13-6-8-14(9-7-13)17(5)11-18/h6-9,11-12H,10H2,1-5H3. The molecule has 3 heteroatoms. The highest BCUT2D eigenvalue weighted by Gasteiger charge is 2.23. The average Bonchev–Trinajstić information content (AvgIpc) is 2.36. The zero-order valence-corrected chi connectivity index (χ0v) is 12.4. The van der Waals surface area contributed by atoms with Crippen LogP contribution >= 0.6 is 0 Å². The van der Waals surface area contributed by atoms with Gasteiger partial charge in [0.25, 0.3) is 0 Å². The maximum Gasteiger partial charge on any atom is 0.213 e. The lowest BCUT2D eigenvalue weighted by Crippen LogP contribution is -2.20. The van der Waals surface area contributed by atoms with Crippen molar-refractivity contribution in [2.24, 2.45) is 11.3 Å². The van der Waals surface area contributed by atoms with Gasteiger partial charge in [0.1, 0.15) is 0 Å². The van der Waals surface area contributed by atoms with Crippen LogP contribution in [0.2, 0.25) is 0 Å². The van der Waals surface area contributed by atoms with Crippen LogP contribution in [-0.2, 0) is 4.79 Å². The highest BCUT2D eigenvalue weighted by molar-refractivity contribution is 5.96. The molecule has 0 bridgehead atoms. The zero-order chi connectivity index (χ0) is 14.6. The molecule has 19 heavy (non-hydrogen) atoms. The van der Waals surface area contributed by atoms with Crippen molar-refractivity contribution in [3.05, 3.63) is 29.8 Å². The van der Waals surface area contributed by atoms with Gasteiger partial charge in [-0.2, -0.15) is 0 Å². The number of rotatable bonds is 5. The summed E-state index contributed by atoms with van der Waals surface area (Å²) in [6.45, 7) is 8.54. The summed E-state index contributed by atoms with van der Waals surface area (Å²) >= 11 is 0. The number of anilines is 1. The normalized spacial score (nSPS) is 12.9. The summed E-state index contributed by atoms with van der Waals surface area (Å²) < 4.78 is 0. The van der Waals surface area contributed by atoms with Crippen molar-refractivity contribution in [3.8, 4) is 0 Å². The third kappa shape index (κ3) is 4.19. The van der Waals surface area contributed by atoms with E-state index in [9.17, 15) is 9.59 Å². The van der Waals surface area contributed by atoms with Gasteiger partial charge in [-0.05, 0) is 35.6 Å². The first kappa shape index (κ1) is 15.4. The predicted octanol–water partition coefficient (Wildman–Crippen LogP) is 3.53. The second kappa shape index (κ2) is 6.00. The molecule has 3 nitrogen and oxygen atoms in total. The van der Waals surface area contributed by atoms with Gasteiger partial charge >= 0.3 is 0 Å². The van der Waals surface area contributed by atoms with Gasteiger partial charge in [-0.25, -0.2) is 0 Å². The Morgan fingerprint density at radius 2 is 1.79 bits per heavy atom. The predicted molar refractivity (Wildman–Crippen MR) is 78.5 cm³/mol. The first-order valence-electron chi connectivity index (χ1n) is 6.57. The molecular weight excluding hydrogens is 238 g/mol. The second-order valence-electron chi connectivity index (χ2n) is 6.16. The Hall–Kier alpha value is -1.64. The van der Waals surface area contributed by atoms with Crippen LogP contribution in [0.3, 0.4) is 0 Å². The van der Waals surface area contributed by atoms with E-state index in [0.29, 0.717) is 17.9 Å². The number of hydrogen-bond donors (Lipinski definition) is 0. The van der Waals surface area contributed by atoms with E-state index in [-0.39, 0.29) is 11.2 Å². The maximum absolute atomic E-state index is 12.2. The molecule has 1 rings (SSSR count). The van der Waals surface area contributed by atoms with Crippen molar-refractivity contribution in [3.63, 3.8) is 0 Å². The number of carbonyl (C=O) groups is 2. The van der Waals surface area contributed by atoms with Crippen LogP contribution in [0.4, 0.5) is 5.69 Å². The summed E-state index contributed by atoms with van der Waals surface area (Å²) in [6.07, 6.45) is 1.30. The van der Waals surface area contributed by atoms with Crippen LogP contribution < -0.4 is 4.90 Å². The third-order valence-electron chi connectivity index (χ3n) is 3.72. The van der Waals surface area contributed by atoms with Crippen molar-refractivity contribution in [1.29, 1.82) is 0 Å². The van der Waals surface area contributed by atoms with Crippen molar-refractivity contribution >= 4 is 17.9 Å². The Bertz CT molecular complexity index is 443. The summed E-state index contributed by atoms with van der Waals surface area (Å²) in [5.74, 6) is 0.486. The number of carbonyl (C=O) groups excluding carboxylic acids is 2. The maximum atomic E-state index is 12.2.